The van der Waals surface area contributed by atoms with Gasteiger partial charge in [0.2, 0.25) is 0 Å². The molecule has 1 aromatic rings. The topological polar surface area (TPSA) is 47.6 Å². The maximum absolute atomic E-state index is 8.53. The van der Waals surface area contributed by atoms with E-state index in [9.17, 15) is 0 Å². The van der Waals surface area contributed by atoms with Gasteiger partial charge in [0.15, 0.2) is 0 Å². The zero-order chi connectivity index (χ0) is 10.9. The highest BCUT2D eigenvalue weighted by atomic mass is 32.2. The summed E-state index contributed by atoms with van der Waals surface area (Å²) in [5, 5.41) is 21.2. The van der Waals surface area contributed by atoms with E-state index in [4.69, 9.17) is 10.5 Å². The van der Waals surface area contributed by atoms with Gasteiger partial charge in [-0.1, -0.05) is 30.3 Å². The van der Waals surface area contributed by atoms with Crippen molar-refractivity contribution in [3.63, 3.8) is 0 Å². The van der Waals surface area contributed by atoms with E-state index in [-0.39, 0.29) is 5.92 Å². The monoisotopic (exact) mass is 234 g/mol. The van der Waals surface area contributed by atoms with Crippen molar-refractivity contribution in [2.75, 3.05) is 11.5 Å². The first kappa shape index (κ1) is 12.0. The predicted octanol–water partition coefficient (Wildman–Crippen LogP) is 3.20. The molecule has 0 bridgehead atoms. The number of nitrogens with zero attached hydrogens (tertiary/aromatic N) is 2. The molecule has 76 valence electrons. The van der Waals surface area contributed by atoms with Crippen LogP contribution in [0.4, 0.5) is 0 Å². The summed E-state index contributed by atoms with van der Waals surface area (Å²) in [6, 6.07) is 10.0. The van der Waals surface area contributed by atoms with Crippen molar-refractivity contribution in [1.29, 1.82) is 10.5 Å². The van der Waals surface area contributed by atoms with Crippen LogP contribution in [-0.2, 0) is 0 Å². The van der Waals surface area contributed by atoms with Gasteiger partial charge in [-0.25, -0.2) is 0 Å². The Hall–Kier alpha value is -1.10. The minimum atomic E-state index is 0.278. The maximum atomic E-state index is 8.53. The lowest BCUT2D eigenvalue weighted by Crippen LogP contribution is -2.04. The molecule has 0 N–H and O–H groups in total. The van der Waals surface area contributed by atoms with E-state index in [1.807, 2.05) is 30.3 Å². The molecule has 1 rings (SSSR count). The fourth-order valence-corrected chi connectivity index (χ4v) is 2.56. The average molecular weight is 234 g/mol. The molecule has 0 amide bonds. The SMILES string of the molecule is N#CSCC(CSC#N)c1ccccc1. The fraction of sp³-hybridized carbons (Fsp3) is 0.273. The van der Waals surface area contributed by atoms with E-state index in [1.54, 1.807) is 0 Å². The van der Waals surface area contributed by atoms with Gasteiger partial charge >= 0.3 is 0 Å². The zero-order valence-corrected chi connectivity index (χ0v) is 9.72. The van der Waals surface area contributed by atoms with Gasteiger partial charge in [-0.2, -0.15) is 10.5 Å². The summed E-state index contributed by atoms with van der Waals surface area (Å²) in [6.45, 7) is 0. The Labute approximate surface area is 98.3 Å². The van der Waals surface area contributed by atoms with E-state index in [0.717, 1.165) is 11.5 Å². The fourth-order valence-electron chi connectivity index (χ4n) is 1.24. The summed E-state index contributed by atoms with van der Waals surface area (Å²) >= 11 is 2.49. The van der Waals surface area contributed by atoms with Gasteiger partial charge in [-0.3, -0.25) is 0 Å². The average Bonchev–Trinajstić information content (AvgIpc) is 2.30. The summed E-state index contributed by atoms with van der Waals surface area (Å²) in [7, 11) is 0. The summed E-state index contributed by atoms with van der Waals surface area (Å²) < 4.78 is 0. The van der Waals surface area contributed by atoms with Crippen LogP contribution in [0.1, 0.15) is 11.5 Å². The molecule has 0 fully saturated rings. The number of thiocyanates is 2. The highest BCUT2D eigenvalue weighted by Crippen LogP contribution is 2.24. The Morgan fingerprint density at radius 3 is 2.00 bits per heavy atom. The number of nitriles is 2. The van der Waals surface area contributed by atoms with Gasteiger partial charge < -0.3 is 0 Å². The van der Waals surface area contributed by atoms with Crippen LogP contribution in [0.15, 0.2) is 30.3 Å². The zero-order valence-electron chi connectivity index (χ0n) is 8.09. The second-order valence-corrected chi connectivity index (χ2v) is 4.52. The molecule has 1 aromatic carbocycles. The maximum Gasteiger partial charge on any atom is 0.133 e. The smallest absolute Gasteiger partial charge is 0.133 e. The number of benzene rings is 1. The molecule has 0 spiro atoms. The molecule has 0 aliphatic carbocycles. The Bertz CT molecular complexity index is 346. The van der Waals surface area contributed by atoms with Crippen molar-refractivity contribution in [1.82, 2.24) is 0 Å². The number of rotatable bonds is 5. The summed E-state index contributed by atoms with van der Waals surface area (Å²) in [6.07, 6.45) is 0. The second kappa shape index (κ2) is 7.23. The molecule has 0 aliphatic rings. The lowest BCUT2D eigenvalue weighted by atomic mass is 10.0. The molecule has 0 heterocycles. The van der Waals surface area contributed by atoms with Crippen LogP contribution in [0.3, 0.4) is 0 Å². The quantitative estimate of drug-likeness (QED) is 0.734. The standard InChI is InChI=1S/C11H10N2S2/c12-8-14-6-11(7-15-9-13)10-4-2-1-3-5-10/h1-5,11H,6-7H2. The van der Waals surface area contributed by atoms with Crippen molar-refractivity contribution in [2.45, 2.75) is 5.92 Å². The Balaban J connectivity index is 2.64. The molecule has 0 unspecified atom stereocenters. The molecule has 0 atom stereocenters. The minimum absolute atomic E-state index is 0.278. The first-order valence-electron chi connectivity index (χ1n) is 4.45. The summed E-state index contributed by atoms with van der Waals surface area (Å²) in [5.74, 6) is 1.77. The first-order chi connectivity index (χ1) is 7.38. The minimum Gasteiger partial charge on any atom is -0.185 e. The third-order valence-corrected chi connectivity index (χ3v) is 3.37. The van der Waals surface area contributed by atoms with Crippen LogP contribution >= 0.6 is 23.5 Å². The summed E-state index contributed by atoms with van der Waals surface area (Å²) in [5.41, 5.74) is 1.20. The van der Waals surface area contributed by atoms with Crippen molar-refractivity contribution < 1.29 is 0 Å². The molecule has 2 nitrogen and oxygen atoms in total. The molecular weight excluding hydrogens is 224 g/mol. The molecule has 0 aliphatic heterocycles. The van der Waals surface area contributed by atoms with Gasteiger partial charge in [-0.05, 0) is 29.1 Å². The van der Waals surface area contributed by atoms with Crippen LogP contribution in [-0.4, -0.2) is 11.5 Å². The third-order valence-electron chi connectivity index (χ3n) is 1.97. The third kappa shape index (κ3) is 4.29. The van der Waals surface area contributed by atoms with E-state index in [2.05, 4.69) is 10.8 Å². The van der Waals surface area contributed by atoms with Gasteiger partial charge in [0.1, 0.15) is 10.8 Å². The van der Waals surface area contributed by atoms with Gasteiger partial charge in [0.25, 0.3) is 0 Å². The van der Waals surface area contributed by atoms with Crippen molar-refractivity contribution in [2.24, 2.45) is 0 Å². The Kier molecular flexibility index (Phi) is 5.77. The lowest BCUT2D eigenvalue weighted by Gasteiger charge is -2.12. The lowest BCUT2D eigenvalue weighted by molar-refractivity contribution is 0.899. The van der Waals surface area contributed by atoms with Crippen LogP contribution in [0, 0.1) is 21.3 Å². The summed E-state index contributed by atoms with van der Waals surface area (Å²) in [4.78, 5) is 0. The molecule has 15 heavy (non-hydrogen) atoms. The van der Waals surface area contributed by atoms with Crippen molar-refractivity contribution >= 4 is 23.5 Å². The highest BCUT2D eigenvalue weighted by molar-refractivity contribution is 8.04. The van der Waals surface area contributed by atoms with Crippen LogP contribution in [0.5, 0.6) is 0 Å². The Morgan fingerprint density at radius 2 is 1.53 bits per heavy atom. The van der Waals surface area contributed by atoms with E-state index in [1.165, 1.54) is 29.1 Å². The number of hydrogen-bond donors (Lipinski definition) is 0. The largest absolute Gasteiger partial charge is 0.185 e. The molecule has 4 heteroatoms. The molecule has 0 saturated heterocycles. The molecular formula is C11H10N2S2. The van der Waals surface area contributed by atoms with Crippen LogP contribution in [0.2, 0.25) is 0 Å². The van der Waals surface area contributed by atoms with Crippen LogP contribution < -0.4 is 0 Å². The molecule has 0 aromatic heterocycles. The Morgan fingerprint density at radius 1 is 1.00 bits per heavy atom. The molecule has 0 saturated carbocycles. The second-order valence-electron chi connectivity index (χ2n) is 2.91. The van der Waals surface area contributed by atoms with Gasteiger partial charge in [0.05, 0.1) is 0 Å². The van der Waals surface area contributed by atoms with Crippen molar-refractivity contribution in [3.8, 4) is 10.8 Å². The van der Waals surface area contributed by atoms with E-state index >= 15 is 0 Å². The number of hydrogen-bond acceptors (Lipinski definition) is 4. The first-order valence-corrected chi connectivity index (χ1v) is 6.42. The van der Waals surface area contributed by atoms with Gasteiger partial charge in [-0.15, -0.1) is 0 Å². The highest BCUT2D eigenvalue weighted by Gasteiger charge is 2.11. The number of thioether (sulfide) groups is 2. The predicted molar refractivity (Wildman–Crippen MR) is 65.3 cm³/mol. The van der Waals surface area contributed by atoms with E-state index in [0.29, 0.717) is 0 Å². The van der Waals surface area contributed by atoms with Crippen LogP contribution in [0.25, 0.3) is 0 Å². The molecule has 0 radical (unpaired) electrons. The van der Waals surface area contributed by atoms with Crippen molar-refractivity contribution in [3.05, 3.63) is 35.9 Å². The normalized spacial score (nSPS) is 9.53. The van der Waals surface area contributed by atoms with E-state index < -0.39 is 0 Å². The van der Waals surface area contributed by atoms with Gasteiger partial charge in [0, 0.05) is 17.4 Å².